The summed E-state index contributed by atoms with van der Waals surface area (Å²) in [7, 11) is 3.22. The van der Waals surface area contributed by atoms with Crippen molar-refractivity contribution in [2.75, 3.05) is 47.1 Å². The van der Waals surface area contributed by atoms with Crippen LogP contribution in [0.2, 0.25) is 0 Å². The third-order valence-electron chi connectivity index (χ3n) is 6.72. The van der Waals surface area contributed by atoms with Crippen molar-refractivity contribution >= 4 is 11.7 Å². The fraction of sp³-hybridized carbons (Fsp3) is 0.286. The van der Waals surface area contributed by atoms with E-state index >= 15 is 0 Å². The van der Waals surface area contributed by atoms with Crippen LogP contribution in [0.3, 0.4) is 0 Å². The Morgan fingerprint density at radius 3 is 2.37 bits per heavy atom. The quantitative estimate of drug-likeness (QED) is 0.442. The van der Waals surface area contributed by atoms with E-state index in [0.29, 0.717) is 47.9 Å². The lowest BCUT2D eigenvalue weighted by Crippen LogP contribution is -2.43. The molecular formula is C28H28N2O5. The fourth-order valence-corrected chi connectivity index (χ4v) is 4.87. The van der Waals surface area contributed by atoms with Crippen LogP contribution in [0.5, 0.6) is 11.5 Å². The lowest BCUT2D eigenvalue weighted by molar-refractivity contribution is 0.0162. The monoisotopic (exact) mass is 472 g/mol. The first-order valence-corrected chi connectivity index (χ1v) is 11.7. The number of ether oxygens (including phenoxy) is 3. The fourth-order valence-electron chi connectivity index (χ4n) is 4.87. The topological polar surface area (TPSA) is 77.1 Å². The van der Waals surface area contributed by atoms with Crippen LogP contribution in [0.4, 0.5) is 0 Å². The number of morpholine rings is 1. The summed E-state index contributed by atoms with van der Waals surface area (Å²) in [6, 6.07) is 18.7. The van der Waals surface area contributed by atoms with Crippen LogP contribution >= 0.6 is 0 Å². The standard InChI is InChI=1S/C28H28N2O5/c1-33-25-10-8-18(16-26(25)34-2)24(30-11-13-35-14-12-30)17-29-28(32)19-7-9-21-20-5-3-4-6-22(20)27(31)23(21)15-19/h3-10,15-16,24H,11-14,17H2,1-2H3,(H,29,32). The second kappa shape index (κ2) is 9.90. The first-order chi connectivity index (χ1) is 17.1. The predicted octanol–water partition coefficient (Wildman–Crippen LogP) is 3.72. The van der Waals surface area contributed by atoms with Gasteiger partial charge in [-0.15, -0.1) is 0 Å². The van der Waals surface area contributed by atoms with Crippen molar-refractivity contribution in [3.63, 3.8) is 0 Å². The minimum atomic E-state index is -0.213. The maximum atomic E-state index is 13.2. The summed E-state index contributed by atoms with van der Waals surface area (Å²) in [6.45, 7) is 3.22. The van der Waals surface area contributed by atoms with Crippen LogP contribution in [-0.4, -0.2) is 63.7 Å². The zero-order valence-electron chi connectivity index (χ0n) is 19.9. The minimum Gasteiger partial charge on any atom is -0.493 e. The van der Waals surface area contributed by atoms with Crippen LogP contribution in [0.15, 0.2) is 60.7 Å². The van der Waals surface area contributed by atoms with Gasteiger partial charge >= 0.3 is 0 Å². The molecule has 1 amide bonds. The van der Waals surface area contributed by atoms with E-state index in [9.17, 15) is 9.59 Å². The molecule has 0 aromatic heterocycles. The molecule has 1 saturated heterocycles. The molecule has 1 fully saturated rings. The number of benzene rings is 3. The van der Waals surface area contributed by atoms with Crippen molar-refractivity contribution in [2.45, 2.75) is 6.04 Å². The smallest absolute Gasteiger partial charge is 0.251 e. The summed E-state index contributed by atoms with van der Waals surface area (Å²) in [6.07, 6.45) is 0. The second-order valence-corrected chi connectivity index (χ2v) is 8.62. The Morgan fingerprint density at radius 1 is 0.914 bits per heavy atom. The van der Waals surface area contributed by atoms with Gasteiger partial charge in [-0.1, -0.05) is 36.4 Å². The number of carbonyl (C=O) groups is 2. The first kappa shape index (κ1) is 23.1. The molecule has 1 atom stereocenters. The van der Waals surface area contributed by atoms with Crippen molar-refractivity contribution in [3.05, 3.63) is 82.9 Å². The maximum absolute atomic E-state index is 13.2. The minimum absolute atomic E-state index is 0.0400. The van der Waals surface area contributed by atoms with Crippen molar-refractivity contribution in [3.8, 4) is 22.6 Å². The Labute approximate surface area is 204 Å². The molecule has 1 aliphatic carbocycles. The summed E-state index contributed by atoms with van der Waals surface area (Å²) in [5.41, 5.74) is 4.53. The Morgan fingerprint density at radius 2 is 1.63 bits per heavy atom. The molecule has 180 valence electrons. The van der Waals surface area contributed by atoms with Crippen molar-refractivity contribution in [1.29, 1.82) is 0 Å². The number of rotatable bonds is 7. The number of hydrogen-bond donors (Lipinski definition) is 1. The molecule has 2 aliphatic rings. The number of nitrogens with one attached hydrogen (secondary N) is 1. The van der Waals surface area contributed by atoms with E-state index in [4.69, 9.17) is 14.2 Å². The summed E-state index contributed by atoms with van der Waals surface area (Å²) >= 11 is 0. The Hall–Kier alpha value is -3.68. The van der Waals surface area contributed by atoms with Crippen LogP contribution in [-0.2, 0) is 4.74 Å². The van der Waals surface area contributed by atoms with E-state index in [2.05, 4.69) is 10.2 Å². The SMILES string of the molecule is COc1ccc(C(CNC(=O)c2ccc3c(c2)C(=O)c2ccccc2-3)N2CCOCC2)cc1OC. The van der Waals surface area contributed by atoms with Gasteiger partial charge in [-0.3, -0.25) is 14.5 Å². The molecular weight excluding hydrogens is 444 g/mol. The summed E-state index contributed by atoms with van der Waals surface area (Å²) in [5.74, 6) is 1.05. The van der Waals surface area contributed by atoms with Crippen LogP contribution in [0, 0.1) is 0 Å². The third kappa shape index (κ3) is 4.40. The van der Waals surface area contributed by atoms with Gasteiger partial charge in [-0.2, -0.15) is 0 Å². The highest BCUT2D eigenvalue weighted by Crippen LogP contribution is 2.37. The third-order valence-corrected chi connectivity index (χ3v) is 6.72. The Kier molecular flexibility index (Phi) is 6.53. The van der Waals surface area contributed by atoms with Gasteiger partial charge in [0.25, 0.3) is 5.91 Å². The molecule has 35 heavy (non-hydrogen) atoms. The van der Waals surface area contributed by atoms with Gasteiger partial charge in [0.2, 0.25) is 0 Å². The van der Waals surface area contributed by atoms with Gasteiger partial charge in [0, 0.05) is 36.3 Å². The largest absolute Gasteiger partial charge is 0.493 e. The number of carbonyl (C=O) groups excluding carboxylic acids is 2. The molecule has 5 rings (SSSR count). The number of nitrogens with zero attached hydrogens (tertiary/aromatic N) is 1. The molecule has 3 aromatic carbocycles. The van der Waals surface area contributed by atoms with Gasteiger partial charge < -0.3 is 19.5 Å². The summed E-state index contributed by atoms with van der Waals surface area (Å²) in [5, 5.41) is 3.08. The maximum Gasteiger partial charge on any atom is 0.251 e. The van der Waals surface area contributed by atoms with E-state index in [1.165, 1.54) is 0 Å². The highest BCUT2D eigenvalue weighted by atomic mass is 16.5. The van der Waals surface area contributed by atoms with Crippen molar-refractivity contribution < 1.29 is 23.8 Å². The normalized spacial score (nSPS) is 15.8. The summed E-state index contributed by atoms with van der Waals surface area (Å²) in [4.78, 5) is 28.3. The van der Waals surface area contributed by atoms with Gasteiger partial charge in [0.1, 0.15) is 0 Å². The van der Waals surface area contributed by atoms with Gasteiger partial charge in [-0.25, -0.2) is 0 Å². The average Bonchev–Trinajstić information content (AvgIpc) is 3.20. The van der Waals surface area contributed by atoms with E-state index in [1.54, 1.807) is 26.4 Å². The molecule has 7 heteroatoms. The van der Waals surface area contributed by atoms with E-state index in [1.807, 2.05) is 48.5 Å². The van der Waals surface area contributed by atoms with Gasteiger partial charge in [0.15, 0.2) is 17.3 Å². The molecule has 1 N–H and O–H groups in total. The first-order valence-electron chi connectivity index (χ1n) is 11.7. The zero-order valence-corrected chi connectivity index (χ0v) is 19.9. The number of amides is 1. The van der Waals surface area contributed by atoms with Crippen LogP contribution in [0.1, 0.15) is 37.9 Å². The van der Waals surface area contributed by atoms with Crippen LogP contribution < -0.4 is 14.8 Å². The Balaban J connectivity index is 1.37. The number of methoxy groups -OCH3 is 2. The second-order valence-electron chi connectivity index (χ2n) is 8.62. The molecule has 0 radical (unpaired) electrons. The molecule has 0 spiro atoms. The molecule has 1 aliphatic heterocycles. The van der Waals surface area contributed by atoms with Crippen molar-refractivity contribution in [1.82, 2.24) is 10.2 Å². The van der Waals surface area contributed by atoms with Gasteiger partial charge in [-0.05, 0) is 41.0 Å². The predicted molar refractivity (Wildman–Crippen MR) is 132 cm³/mol. The molecule has 3 aromatic rings. The molecule has 0 bridgehead atoms. The number of fused-ring (bicyclic) bond motifs is 3. The number of hydrogen-bond acceptors (Lipinski definition) is 6. The molecule has 1 heterocycles. The summed E-state index contributed by atoms with van der Waals surface area (Å²) < 4.78 is 16.4. The highest BCUT2D eigenvalue weighted by Gasteiger charge is 2.28. The number of ketones is 1. The van der Waals surface area contributed by atoms with E-state index in [-0.39, 0.29) is 17.7 Å². The lowest BCUT2D eigenvalue weighted by Gasteiger charge is -2.35. The molecule has 0 saturated carbocycles. The average molecular weight is 473 g/mol. The highest BCUT2D eigenvalue weighted by molar-refractivity contribution is 6.22. The zero-order chi connectivity index (χ0) is 24.4. The lowest BCUT2D eigenvalue weighted by atomic mass is 10.0. The molecule has 7 nitrogen and oxygen atoms in total. The van der Waals surface area contributed by atoms with E-state index in [0.717, 1.165) is 29.8 Å². The van der Waals surface area contributed by atoms with Crippen molar-refractivity contribution in [2.24, 2.45) is 0 Å². The van der Waals surface area contributed by atoms with Crippen LogP contribution in [0.25, 0.3) is 11.1 Å². The molecule has 1 unspecified atom stereocenters. The van der Waals surface area contributed by atoms with Gasteiger partial charge in [0.05, 0.1) is 33.5 Å². The van der Waals surface area contributed by atoms with E-state index < -0.39 is 0 Å². The Bertz CT molecular complexity index is 1270.